The van der Waals surface area contributed by atoms with Gasteiger partial charge in [-0.15, -0.1) is 0 Å². The third-order valence-corrected chi connectivity index (χ3v) is 4.93. The number of carboxylic acid groups (broad SMARTS) is 2. The van der Waals surface area contributed by atoms with Gasteiger partial charge in [-0.3, -0.25) is 19.2 Å². The molecule has 0 spiro atoms. The molecule has 0 fully saturated rings. The third-order valence-electron chi connectivity index (χ3n) is 3.64. The zero-order valence-corrected chi connectivity index (χ0v) is 17.9. The summed E-state index contributed by atoms with van der Waals surface area (Å²) in [5.74, 6) is -3.45. The first-order valence-corrected chi connectivity index (χ1v) is 11.5. The van der Waals surface area contributed by atoms with E-state index in [0.717, 1.165) is 0 Å². The molecular formula is C16H28N4O7S2. The van der Waals surface area contributed by atoms with Crippen LogP contribution < -0.4 is 21.7 Å². The van der Waals surface area contributed by atoms with Crippen molar-refractivity contribution in [2.45, 2.75) is 37.4 Å². The molecule has 7 N–H and O–H groups in total. The van der Waals surface area contributed by atoms with Crippen LogP contribution in [-0.2, 0) is 24.0 Å². The number of carbonyl (C=O) groups is 5. The van der Waals surface area contributed by atoms with E-state index in [9.17, 15) is 29.1 Å². The number of hydrogen-bond donors (Lipinski definition) is 6. The van der Waals surface area contributed by atoms with Crippen LogP contribution in [0.2, 0.25) is 0 Å². The monoisotopic (exact) mass is 452 g/mol. The van der Waals surface area contributed by atoms with E-state index in [1.54, 1.807) is 0 Å². The van der Waals surface area contributed by atoms with Crippen LogP contribution in [0.15, 0.2) is 0 Å². The van der Waals surface area contributed by atoms with Gasteiger partial charge in [0, 0.05) is 0 Å². The topological polar surface area (TPSA) is 188 Å². The minimum atomic E-state index is -1.30. The molecule has 11 nitrogen and oxygen atoms in total. The lowest BCUT2D eigenvalue weighted by atomic mass is 10.1. The molecule has 3 amide bonds. The summed E-state index contributed by atoms with van der Waals surface area (Å²) in [7, 11) is 0. The van der Waals surface area contributed by atoms with Gasteiger partial charge in [-0.1, -0.05) is 0 Å². The maximum absolute atomic E-state index is 12.5. The second kappa shape index (κ2) is 14.9. The molecule has 166 valence electrons. The Morgan fingerprint density at radius 1 is 0.897 bits per heavy atom. The van der Waals surface area contributed by atoms with E-state index in [1.165, 1.54) is 23.5 Å². The molecule has 0 aromatic heterocycles. The largest absolute Gasteiger partial charge is 0.481 e. The molecule has 0 aliphatic heterocycles. The van der Waals surface area contributed by atoms with Crippen molar-refractivity contribution in [2.75, 3.05) is 30.6 Å². The number of amides is 3. The van der Waals surface area contributed by atoms with Crippen LogP contribution in [0, 0.1) is 0 Å². The molecule has 29 heavy (non-hydrogen) atoms. The van der Waals surface area contributed by atoms with Gasteiger partial charge >= 0.3 is 11.9 Å². The fourth-order valence-corrected chi connectivity index (χ4v) is 3.04. The predicted octanol–water partition coefficient (Wildman–Crippen LogP) is -1.53. The highest BCUT2D eigenvalue weighted by molar-refractivity contribution is 7.98. The van der Waals surface area contributed by atoms with Crippen molar-refractivity contribution < 1.29 is 34.2 Å². The van der Waals surface area contributed by atoms with Crippen LogP contribution in [0.4, 0.5) is 0 Å². The molecule has 0 aromatic rings. The van der Waals surface area contributed by atoms with Crippen molar-refractivity contribution in [1.29, 1.82) is 0 Å². The molecule has 0 radical (unpaired) electrons. The van der Waals surface area contributed by atoms with Crippen LogP contribution in [0.5, 0.6) is 0 Å². The molecule has 0 aliphatic rings. The third kappa shape index (κ3) is 12.2. The van der Waals surface area contributed by atoms with Crippen LogP contribution in [0.1, 0.15) is 19.3 Å². The highest BCUT2D eigenvalue weighted by Crippen LogP contribution is 2.05. The van der Waals surface area contributed by atoms with Crippen LogP contribution in [-0.4, -0.2) is 88.6 Å². The Hall–Kier alpha value is -1.99. The Morgan fingerprint density at radius 3 is 1.93 bits per heavy atom. The molecule has 0 bridgehead atoms. The summed E-state index contributed by atoms with van der Waals surface area (Å²) in [5, 5.41) is 24.9. The average molecular weight is 453 g/mol. The second-order valence-corrected chi connectivity index (χ2v) is 7.98. The summed E-state index contributed by atoms with van der Waals surface area (Å²) in [6, 6.07) is -3.35. The van der Waals surface area contributed by atoms with Crippen molar-refractivity contribution in [3.63, 3.8) is 0 Å². The number of rotatable bonds is 15. The normalized spacial score (nSPS) is 13.6. The summed E-state index contributed by atoms with van der Waals surface area (Å²) in [6.45, 7) is -0.496. The van der Waals surface area contributed by atoms with Gasteiger partial charge in [-0.25, -0.2) is 4.79 Å². The van der Waals surface area contributed by atoms with Gasteiger partial charge in [0.1, 0.15) is 12.1 Å². The molecule has 0 saturated heterocycles. The molecule has 13 heteroatoms. The van der Waals surface area contributed by atoms with E-state index in [4.69, 9.17) is 10.8 Å². The number of aliphatic carboxylic acids is 2. The van der Waals surface area contributed by atoms with Gasteiger partial charge in [-0.05, 0) is 36.9 Å². The maximum atomic E-state index is 12.5. The molecule has 3 atom stereocenters. The smallest absolute Gasteiger partial charge is 0.326 e. The number of nitrogens with two attached hydrogens (primary N) is 1. The fraction of sp³-hybridized carbons (Fsp3) is 0.688. The summed E-state index contributed by atoms with van der Waals surface area (Å²) in [4.78, 5) is 58.0. The van der Waals surface area contributed by atoms with E-state index >= 15 is 0 Å². The lowest BCUT2D eigenvalue weighted by Crippen LogP contribution is -2.54. The first-order valence-electron chi connectivity index (χ1n) is 8.67. The minimum Gasteiger partial charge on any atom is -0.481 e. The fourth-order valence-electron chi connectivity index (χ4n) is 2.09. The Bertz CT molecular complexity index is 592. The lowest BCUT2D eigenvalue weighted by Gasteiger charge is -2.21. The Kier molecular flexibility index (Phi) is 13.9. The van der Waals surface area contributed by atoms with Gasteiger partial charge in [0.2, 0.25) is 17.7 Å². The highest BCUT2D eigenvalue weighted by Gasteiger charge is 2.26. The van der Waals surface area contributed by atoms with Crippen LogP contribution in [0.3, 0.4) is 0 Å². The Morgan fingerprint density at radius 2 is 1.45 bits per heavy atom. The highest BCUT2D eigenvalue weighted by atomic mass is 32.2. The molecular weight excluding hydrogens is 424 g/mol. The van der Waals surface area contributed by atoms with E-state index in [-0.39, 0.29) is 12.8 Å². The van der Waals surface area contributed by atoms with Crippen molar-refractivity contribution >= 4 is 53.2 Å². The molecule has 0 aliphatic carbocycles. The summed E-state index contributed by atoms with van der Waals surface area (Å²) in [6.07, 6.45) is 3.56. The quantitative estimate of drug-likeness (QED) is 0.170. The first-order chi connectivity index (χ1) is 13.6. The Balaban J connectivity index is 4.81. The number of carbonyl (C=O) groups excluding carboxylic acids is 3. The molecule has 0 rings (SSSR count). The maximum Gasteiger partial charge on any atom is 0.326 e. The van der Waals surface area contributed by atoms with Crippen molar-refractivity contribution in [2.24, 2.45) is 5.73 Å². The SMILES string of the molecule is CSCCC(NC(=O)C(CCSC)NC(=O)CNC(=O)C(N)CC(=O)O)C(=O)O. The molecule has 3 unspecified atom stereocenters. The van der Waals surface area contributed by atoms with Gasteiger partial charge in [0.15, 0.2) is 0 Å². The molecule has 0 saturated carbocycles. The standard InChI is InChI=1S/C16H28N4O7S2/c1-28-5-3-10(15(25)20-11(16(26)27)4-6-29-2)19-12(21)8-18-14(24)9(17)7-13(22)23/h9-11H,3-8,17H2,1-2H3,(H,18,24)(H,19,21)(H,20,25)(H,22,23)(H,26,27). The van der Waals surface area contributed by atoms with Crippen molar-refractivity contribution in [1.82, 2.24) is 16.0 Å². The van der Waals surface area contributed by atoms with E-state index in [2.05, 4.69) is 16.0 Å². The summed E-state index contributed by atoms with van der Waals surface area (Å²) in [5.41, 5.74) is 5.39. The van der Waals surface area contributed by atoms with Gasteiger partial charge in [0.25, 0.3) is 0 Å². The summed E-state index contributed by atoms with van der Waals surface area (Å²) >= 11 is 2.90. The number of hydrogen-bond acceptors (Lipinski definition) is 8. The average Bonchev–Trinajstić information content (AvgIpc) is 2.65. The predicted molar refractivity (Wildman–Crippen MR) is 111 cm³/mol. The van der Waals surface area contributed by atoms with Crippen LogP contribution >= 0.6 is 23.5 Å². The minimum absolute atomic E-state index is 0.239. The summed E-state index contributed by atoms with van der Waals surface area (Å²) < 4.78 is 0. The van der Waals surface area contributed by atoms with Crippen molar-refractivity contribution in [3.05, 3.63) is 0 Å². The molecule has 0 aromatic carbocycles. The van der Waals surface area contributed by atoms with Crippen molar-refractivity contribution in [3.8, 4) is 0 Å². The zero-order valence-electron chi connectivity index (χ0n) is 16.3. The number of thioether (sulfide) groups is 2. The van der Waals surface area contributed by atoms with Gasteiger partial charge < -0.3 is 31.9 Å². The van der Waals surface area contributed by atoms with E-state index < -0.39 is 60.8 Å². The van der Waals surface area contributed by atoms with E-state index in [1.807, 2.05) is 12.5 Å². The van der Waals surface area contributed by atoms with E-state index in [0.29, 0.717) is 11.5 Å². The lowest BCUT2D eigenvalue weighted by molar-refractivity contribution is -0.142. The number of carboxylic acids is 2. The molecule has 0 heterocycles. The Labute approximate surface area is 177 Å². The first kappa shape index (κ1) is 27.0. The van der Waals surface area contributed by atoms with Gasteiger partial charge in [-0.2, -0.15) is 23.5 Å². The zero-order chi connectivity index (χ0) is 22.4. The van der Waals surface area contributed by atoms with Crippen LogP contribution in [0.25, 0.3) is 0 Å². The number of nitrogens with one attached hydrogen (secondary N) is 3. The van der Waals surface area contributed by atoms with Gasteiger partial charge in [0.05, 0.1) is 19.0 Å². The second-order valence-electron chi connectivity index (χ2n) is 6.00.